The van der Waals surface area contributed by atoms with Crippen LogP contribution >= 0.6 is 0 Å². The average Bonchev–Trinajstić information content (AvgIpc) is 1.41. The molecule has 0 radical (unpaired) electrons. The molecule has 3 heteroatoms. The van der Waals surface area contributed by atoms with E-state index in [1.807, 2.05) is 0 Å². The van der Waals surface area contributed by atoms with Crippen LogP contribution in [0.25, 0.3) is 0 Å². The highest BCUT2D eigenvalue weighted by molar-refractivity contribution is 5.39. The van der Waals surface area contributed by atoms with Gasteiger partial charge in [0.15, 0.2) is 0 Å². The molecule has 0 aliphatic rings. The van der Waals surface area contributed by atoms with Crippen LogP contribution in [0.2, 0.25) is 0 Å². The molecule has 0 aliphatic heterocycles. The molecule has 0 aromatic carbocycles. The van der Waals surface area contributed by atoms with Crippen LogP contribution in [-0.4, -0.2) is 13.5 Å². The number of hydrogen-bond donors (Lipinski definition) is 1. The average molecular weight is 75.1 g/mol. The highest BCUT2D eigenvalue weighted by Crippen LogP contribution is 1.55. The molecular formula is C2H5NO2. The minimum atomic E-state index is 0.708. The van der Waals surface area contributed by atoms with E-state index in [1.165, 1.54) is 7.11 Å². The highest BCUT2D eigenvalue weighted by Gasteiger charge is 1.55. The van der Waals surface area contributed by atoms with Crippen molar-refractivity contribution in [3.63, 3.8) is 0 Å². The summed E-state index contributed by atoms with van der Waals surface area (Å²) < 4.78 is 0. The molecule has 0 amide bonds. The van der Waals surface area contributed by atoms with Gasteiger partial charge in [-0.3, -0.25) is 5.41 Å². The van der Waals surface area contributed by atoms with Crippen molar-refractivity contribution >= 4 is 6.40 Å². The predicted molar refractivity (Wildman–Crippen MR) is 16.9 cm³/mol. The van der Waals surface area contributed by atoms with E-state index in [0.29, 0.717) is 6.40 Å². The summed E-state index contributed by atoms with van der Waals surface area (Å²) in [4.78, 5) is 7.82. The molecular weight excluding hydrogens is 70.0 g/mol. The van der Waals surface area contributed by atoms with Crippen molar-refractivity contribution in [2.45, 2.75) is 0 Å². The largest absolute Gasteiger partial charge is 0.326 e. The Balaban J connectivity index is 2.40. The molecule has 3 nitrogen and oxygen atoms in total. The van der Waals surface area contributed by atoms with Gasteiger partial charge in [0.2, 0.25) is 6.40 Å². The van der Waals surface area contributed by atoms with Gasteiger partial charge in [-0.25, -0.2) is 0 Å². The standard InChI is InChI=1S/C2H5NO2/c1-4-5-2-3/h2-3H,1H3. The fourth-order valence-corrected chi connectivity index (χ4v) is 0.0481. The Bertz CT molecular complexity index is 28.8. The summed E-state index contributed by atoms with van der Waals surface area (Å²) in [5, 5.41) is 6.13. The second kappa shape index (κ2) is 3.43. The van der Waals surface area contributed by atoms with Gasteiger partial charge >= 0.3 is 0 Å². The summed E-state index contributed by atoms with van der Waals surface area (Å²) in [5.41, 5.74) is 0. The number of nitrogens with one attached hydrogen (secondary N) is 1. The zero-order chi connectivity index (χ0) is 4.12. The van der Waals surface area contributed by atoms with Gasteiger partial charge in [-0.2, -0.15) is 4.89 Å². The first-order valence-corrected chi connectivity index (χ1v) is 1.10. The molecule has 0 atom stereocenters. The van der Waals surface area contributed by atoms with Crippen LogP contribution in [0.4, 0.5) is 0 Å². The van der Waals surface area contributed by atoms with E-state index in [1.54, 1.807) is 0 Å². The molecule has 0 fully saturated rings. The van der Waals surface area contributed by atoms with Gasteiger partial charge in [-0.05, 0) is 0 Å². The monoisotopic (exact) mass is 75.0 g/mol. The summed E-state index contributed by atoms with van der Waals surface area (Å²) in [6.07, 6.45) is 0.708. The summed E-state index contributed by atoms with van der Waals surface area (Å²) in [6, 6.07) is 0. The summed E-state index contributed by atoms with van der Waals surface area (Å²) >= 11 is 0. The maximum absolute atomic E-state index is 6.13. The van der Waals surface area contributed by atoms with E-state index < -0.39 is 0 Å². The Morgan fingerprint density at radius 1 is 1.80 bits per heavy atom. The van der Waals surface area contributed by atoms with Crippen LogP contribution in [-0.2, 0) is 9.78 Å². The zero-order valence-corrected chi connectivity index (χ0v) is 2.89. The lowest BCUT2D eigenvalue weighted by molar-refractivity contribution is -0.188. The van der Waals surface area contributed by atoms with Crippen molar-refractivity contribution in [1.82, 2.24) is 0 Å². The summed E-state index contributed by atoms with van der Waals surface area (Å²) in [6.45, 7) is 0. The third-order valence-corrected chi connectivity index (χ3v) is 0.144. The SMILES string of the molecule is COOC=N. The van der Waals surface area contributed by atoms with E-state index in [0.717, 1.165) is 0 Å². The smallest absolute Gasteiger partial charge is 0.212 e. The van der Waals surface area contributed by atoms with Gasteiger partial charge in [-0.1, -0.05) is 0 Å². The van der Waals surface area contributed by atoms with Crippen molar-refractivity contribution in [2.24, 2.45) is 0 Å². The quantitative estimate of drug-likeness (QED) is 0.220. The molecule has 0 spiro atoms. The van der Waals surface area contributed by atoms with Gasteiger partial charge in [0.05, 0.1) is 7.11 Å². The van der Waals surface area contributed by atoms with Crippen LogP contribution in [0.5, 0.6) is 0 Å². The molecule has 0 bridgehead atoms. The van der Waals surface area contributed by atoms with Gasteiger partial charge in [0.1, 0.15) is 0 Å². The maximum Gasteiger partial charge on any atom is 0.212 e. The molecule has 0 aromatic rings. The van der Waals surface area contributed by atoms with Gasteiger partial charge in [0.25, 0.3) is 0 Å². The minimum absolute atomic E-state index is 0.708. The maximum atomic E-state index is 6.13. The Hall–Kier alpha value is -0.570. The molecule has 0 saturated carbocycles. The van der Waals surface area contributed by atoms with Crippen molar-refractivity contribution in [1.29, 1.82) is 5.41 Å². The topological polar surface area (TPSA) is 42.3 Å². The molecule has 0 aliphatic carbocycles. The van der Waals surface area contributed by atoms with Gasteiger partial charge in [-0.15, -0.1) is 0 Å². The highest BCUT2D eigenvalue weighted by atomic mass is 17.2. The Labute approximate surface area is 29.9 Å². The van der Waals surface area contributed by atoms with Crippen molar-refractivity contribution in [3.8, 4) is 0 Å². The first-order chi connectivity index (χ1) is 2.41. The second-order valence-corrected chi connectivity index (χ2v) is 0.381. The molecule has 5 heavy (non-hydrogen) atoms. The van der Waals surface area contributed by atoms with Gasteiger partial charge < -0.3 is 4.89 Å². The summed E-state index contributed by atoms with van der Waals surface area (Å²) in [7, 11) is 1.34. The Morgan fingerprint density at radius 2 is 2.40 bits per heavy atom. The van der Waals surface area contributed by atoms with Crippen LogP contribution in [0, 0.1) is 5.41 Å². The normalized spacial score (nSPS) is 6.60. The number of hydrogen-bond acceptors (Lipinski definition) is 3. The molecule has 0 rings (SSSR count). The minimum Gasteiger partial charge on any atom is -0.326 e. The Morgan fingerprint density at radius 3 is 2.40 bits per heavy atom. The second-order valence-electron chi connectivity index (χ2n) is 0.381. The molecule has 0 unspecified atom stereocenters. The first-order valence-electron chi connectivity index (χ1n) is 1.10. The molecule has 30 valence electrons. The molecule has 0 heterocycles. The van der Waals surface area contributed by atoms with E-state index >= 15 is 0 Å². The zero-order valence-electron chi connectivity index (χ0n) is 2.89. The van der Waals surface area contributed by atoms with Crippen LogP contribution in [0.3, 0.4) is 0 Å². The Kier molecular flexibility index (Phi) is 3.04. The van der Waals surface area contributed by atoms with Crippen molar-refractivity contribution < 1.29 is 9.78 Å². The molecule has 0 aromatic heterocycles. The van der Waals surface area contributed by atoms with Crippen LogP contribution < -0.4 is 0 Å². The van der Waals surface area contributed by atoms with Crippen molar-refractivity contribution in [2.75, 3.05) is 7.11 Å². The lowest BCUT2D eigenvalue weighted by Crippen LogP contribution is -1.79. The van der Waals surface area contributed by atoms with Crippen molar-refractivity contribution in [3.05, 3.63) is 0 Å². The van der Waals surface area contributed by atoms with E-state index in [2.05, 4.69) is 9.78 Å². The first kappa shape index (κ1) is 4.43. The predicted octanol–water partition coefficient (Wildman–Crippen LogP) is 0.171. The van der Waals surface area contributed by atoms with E-state index in [4.69, 9.17) is 5.41 Å². The van der Waals surface area contributed by atoms with Crippen LogP contribution in [0.1, 0.15) is 0 Å². The van der Waals surface area contributed by atoms with E-state index in [9.17, 15) is 0 Å². The van der Waals surface area contributed by atoms with Crippen LogP contribution in [0.15, 0.2) is 0 Å². The van der Waals surface area contributed by atoms with Gasteiger partial charge in [0, 0.05) is 0 Å². The third kappa shape index (κ3) is 3.43. The van der Waals surface area contributed by atoms with E-state index in [-0.39, 0.29) is 0 Å². The lowest BCUT2D eigenvalue weighted by atomic mass is 11.6. The fraction of sp³-hybridized carbons (Fsp3) is 0.500. The third-order valence-electron chi connectivity index (χ3n) is 0.144. The summed E-state index contributed by atoms with van der Waals surface area (Å²) in [5.74, 6) is 0. The lowest BCUT2D eigenvalue weighted by Gasteiger charge is -1.82. The fourth-order valence-electron chi connectivity index (χ4n) is 0.0481. The number of rotatable bonds is 2. The molecule has 1 N–H and O–H groups in total. The molecule has 0 saturated heterocycles.